The van der Waals surface area contributed by atoms with Crippen LogP contribution >= 0.6 is 11.6 Å². The van der Waals surface area contributed by atoms with Crippen LogP contribution in [-0.2, 0) is 0 Å². The Morgan fingerprint density at radius 3 is 2.94 bits per heavy atom. The fourth-order valence-corrected chi connectivity index (χ4v) is 3.02. The highest BCUT2D eigenvalue weighted by Crippen LogP contribution is 2.46. The normalized spacial score (nSPS) is 31.8. The molecule has 2 nitrogen and oxygen atoms in total. The Morgan fingerprint density at radius 1 is 1.47 bits per heavy atom. The molecule has 0 radical (unpaired) electrons. The summed E-state index contributed by atoms with van der Waals surface area (Å²) in [6.07, 6.45) is 4.71. The van der Waals surface area contributed by atoms with Crippen LogP contribution in [0.1, 0.15) is 44.2 Å². The lowest BCUT2D eigenvalue weighted by molar-refractivity contribution is 0.0402. The second kappa shape index (κ2) is 3.89. The molecule has 1 aliphatic carbocycles. The Morgan fingerprint density at radius 2 is 2.24 bits per heavy atom. The van der Waals surface area contributed by atoms with Gasteiger partial charge in [-0.05, 0) is 37.5 Å². The van der Waals surface area contributed by atoms with E-state index in [1.807, 2.05) is 18.2 Å². The van der Waals surface area contributed by atoms with E-state index < -0.39 is 0 Å². The van der Waals surface area contributed by atoms with E-state index >= 15 is 0 Å². The number of rotatable bonds is 2. The molecule has 1 saturated carbocycles. The van der Waals surface area contributed by atoms with Gasteiger partial charge in [0.25, 0.3) is 0 Å². The number of hydrogen-bond donors (Lipinski definition) is 1. The number of hydrogen-bond acceptors (Lipinski definition) is 2. The summed E-state index contributed by atoms with van der Waals surface area (Å²) in [5.41, 5.74) is 7.20. The standard InChI is InChI=1S/C14H18ClNO/c1-14(7-9-2-3-9)8-12(16)11-6-10(15)4-5-13(11)17-14/h4-6,9,12H,2-3,7-8,16H2,1H3. The van der Waals surface area contributed by atoms with Crippen LogP contribution in [0.15, 0.2) is 18.2 Å². The van der Waals surface area contributed by atoms with Gasteiger partial charge in [-0.2, -0.15) is 0 Å². The SMILES string of the molecule is CC1(CC2CC2)CC(N)c2cc(Cl)ccc2O1. The maximum atomic E-state index is 6.25. The van der Waals surface area contributed by atoms with Gasteiger partial charge in [-0.3, -0.25) is 0 Å². The Kier molecular flexibility index (Phi) is 2.60. The summed E-state index contributed by atoms with van der Waals surface area (Å²) >= 11 is 6.00. The number of ether oxygens (including phenoxy) is 1. The minimum atomic E-state index is -0.0958. The van der Waals surface area contributed by atoms with Crippen molar-refractivity contribution in [1.82, 2.24) is 0 Å². The monoisotopic (exact) mass is 251 g/mol. The largest absolute Gasteiger partial charge is 0.487 e. The van der Waals surface area contributed by atoms with Crippen LogP contribution in [0.25, 0.3) is 0 Å². The third-order valence-corrected chi connectivity index (χ3v) is 4.03. The summed E-state index contributed by atoms with van der Waals surface area (Å²) in [7, 11) is 0. The van der Waals surface area contributed by atoms with Crippen LogP contribution in [0.3, 0.4) is 0 Å². The first-order valence-corrected chi connectivity index (χ1v) is 6.68. The van der Waals surface area contributed by atoms with Gasteiger partial charge >= 0.3 is 0 Å². The van der Waals surface area contributed by atoms with Gasteiger partial charge in [0, 0.05) is 23.0 Å². The summed E-state index contributed by atoms with van der Waals surface area (Å²) in [6.45, 7) is 2.18. The molecular weight excluding hydrogens is 234 g/mol. The van der Waals surface area contributed by atoms with Gasteiger partial charge in [0.15, 0.2) is 0 Å². The predicted molar refractivity (Wildman–Crippen MR) is 69.4 cm³/mol. The van der Waals surface area contributed by atoms with Crippen LogP contribution in [0, 0.1) is 5.92 Å². The smallest absolute Gasteiger partial charge is 0.125 e. The van der Waals surface area contributed by atoms with Gasteiger partial charge in [-0.25, -0.2) is 0 Å². The van der Waals surface area contributed by atoms with Crippen LogP contribution in [0.5, 0.6) is 5.75 Å². The maximum absolute atomic E-state index is 6.25. The molecule has 2 unspecified atom stereocenters. The highest BCUT2D eigenvalue weighted by atomic mass is 35.5. The van der Waals surface area contributed by atoms with Gasteiger partial charge in [-0.1, -0.05) is 24.4 Å². The van der Waals surface area contributed by atoms with Gasteiger partial charge in [-0.15, -0.1) is 0 Å². The van der Waals surface area contributed by atoms with Crippen LogP contribution in [0.2, 0.25) is 5.02 Å². The molecule has 3 rings (SSSR count). The molecule has 1 aromatic rings. The molecule has 3 heteroatoms. The minimum Gasteiger partial charge on any atom is -0.487 e. The maximum Gasteiger partial charge on any atom is 0.125 e. The van der Waals surface area contributed by atoms with E-state index in [1.54, 1.807) is 0 Å². The predicted octanol–water partition coefficient (Wildman–Crippen LogP) is 3.68. The molecule has 0 spiro atoms. The van der Waals surface area contributed by atoms with Crippen molar-refractivity contribution < 1.29 is 4.74 Å². The van der Waals surface area contributed by atoms with Crippen molar-refractivity contribution >= 4 is 11.6 Å². The molecule has 0 saturated heterocycles. The van der Waals surface area contributed by atoms with E-state index in [-0.39, 0.29) is 11.6 Å². The van der Waals surface area contributed by atoms with Crippen molar-refractivity contribution in [1.29, 1.82) is 0 Å². The molecule has 1 aromatic carbocycles. The molecule has 1 heterocycles. The topological polar surface area (TPSA) is 35.2 Å². The quantitative estimate of drug-likeness (QED) is 0.870. The molecule has 0 amide bonds. The van der Waals surface area contributed by atoms with E-state index in [0.717, 1.165) is 35.1 Å². The van der Waals surface area contributed by atoms with Crippen LogP contribution in [0.4, 0.5) is 0 Å². The number of fused-ring (bicyclic) bond motifs is 1. The molecule has 1 fully saturated rings. The molecule has 1 aliphatic heterocycles. The lowest BCUT2D eigenvalue weighted by Crippen LogP contribution is -2.40. The van der Waals surface area contributed by atoms with Crippen LogP contribution in [-0.4, -0.2) is 5.60 Å². The molecule has 92 valence electrons. The molecular formula is C14H18ClNO. The summed E-state index contributed by atoms with van der Waals surface area (Å²) in [5, 5.41) is 0.730. The van der Waals surface area contributed by atoms with E-state index in [2.05, 4.69) is 6.92 Å². The van der Waals surface area contributed by atoms with Crippen molar-refractivity contribution in [3.63, 3.8) is 0 Å². The second-order valence-corrected chi connectivity index (χ2v) is 6.13. The van der Waals surface area contributed by atoms with E-state index in [0.29, 0.717) is 0 Å². The summed E-state index contributed by atoms with van der Waals surface area (Å²) < 4.78 is 6.16. The summed E-state index contributed by atoms with van der Waals surface area (Å²) in [6, 6.07) is 5.79. The van der Waals surface area contributed by atoms with Crippen molar-refractivity contribution in [2.75, 3.05) is 0 Å². The first-order valence-electron chi connectivity index (χ1n) is 6.30. The zero-order valence-electron chi connectivity index (χ0n) is 10.1. The molecule has 0 bridgehead atoms. The third kappa shape index (κ3) is 2.29. The van der Waals surface area contributed by atoms with Crippen LogP contribution < -0.4 is 10.5 Å². The highest BCUT2D eigenvalue weighted by molar-refractivity contribution is 6.30. The third-order valence-electron chi connectivity index (χ3n) is 3.80. The lowest BCUT2D eigenvalue weighted by Gasteiger charge is -2.39. The van der Waals surface area contributed by atoms with E-state index in [9.17, 15) is 0 Å². The Bertz CT molecular complexity index is 444. The zero-order valence-corrected chi connectivity index (χ0v) is 10.8. The van der Waals surface area contributed by atoms with Gasteiger partial charge in [0.05, 0.1) is 0 Å². The molecule has 2 aliphatic rings. The highest BCUT2D eigenvalue weighted by Gasteiger charge is 2.40. The first kappa shape index (κ1) is 11.4. The Labute approximate surface area is 107 Å². The van der Waals surface area contributed by atoms with E-state index in [1.165, 1.54) is 12.8 Å². The Balaban J connectivity index is 1.88. The molecule has 2 N–H and O–H groups in total. The summed E-state index contributed by atoms with van der Waals surface area (Å²) in [4.78, 5) is 0. The Hall–Kier alpha value is -0.730. The van der Waals surface area contributed by atoms with E-state index in [4.69, 9.17) is 22.1 Å². The average molecular weight is 252 g/mol. The molecule has 2 atom stereocenters. The fraction of sp³-hybridized carbons (Fsp3) is 0.571. The van der Waals surface area contributed by atoms with Gasteiger partial charge in [0.1, 0.15) is 11.4 Å². The van der Waals surface area contributed by atoms with Gasteiger partial charge < -0.3 is 10.5 Å². The average Bonchev–Trinajstić information content (AvgIpc) is 3.03. The zero-order chi connectivity index (χ0) is 12.0. The number of benzene rings is 1. The summed E-state index contributed by atoms with van der Waals surface area (Å²) in [5.74, 6) is 1.76. The second-order valence-electron chi connectivity index (χ2n) is 5.69. The van der Waals surface area contributed by atoms with Gasteiger partial charge in [0.2, 0.25) is 0 Å². The lowest BCUT2D eigenvalue weighted by atomic mass is 9.85. The molecule has 17 heavy (non-hydrogen) atoms. The fourth-order valence-electron chi connectivity index (χ4n) is 2.84. The minimum absolute atomic E-state index is 0.0428. The number of nitrogens with two attached hydrogens (primary N) is 1. The van der Waals surface area contributed by atoms with Crippen molar-refractivity contribution in [3.05, 3.63) is 28.8 Å². The van der Waals surface area contributed by atoms with Crippen molar-refractivity contribution in [2.45, 2.75) is 44.2 Å². The first-order chi connectivity index (χ1) is 8.06. The molecule has 0 aromatic heterocycles. The van der Waals surface area contributed by atoms with Crippen molar-refractivity contribution in [2.24, 2.45) is 11.7 Å². The number of halogens is 1. The van der Waals surface area contributed by atoms with Crippen molar-refractivity contribution in [3.8, 4) is 5.75 Å².